The molecule has 1 atom stereocenters. The summed E-state index contributed by atoms with van der Waals surface area (Å²) in [6.07, 6.45) is 3.61. The molecule has 22 heavy (non-hydrogen) atoms. The van der Waals surface area contributed by atoms with Gasteiger partial charge in [-0.3, -0.25) is 4.79 Å². The molecule has 5 heteroatoms. The second-order valence-corrected chi connectivity index (χ2v) is 6.33. The van der Waals surface area contributed by atoms with Crippen molar-refractivity contribution in [2.75, 3.05) is 0 Å². The van der Waals surface area contributed by atoms with E-state index in [0.717, 1.165) is 30.7 Å². The first kappa shape index (κ1) is 13.5. The largest absolute Gasteiger partial charge is 0.337 e. The monoisotopic (exact) mass is 297 g/mol. The Kier molecular flexibility index (Phi) is 3.21. The highest BCUT2D eigenvalue weighted by Gasteiger charge is 2.37. The number of hydrogen-bond acceptors (Lipinski definition) is 4. The predicted octanol–water partition coefficient (Wildman–Crippen LogP) is 3.12. The van der Waals surface area contributed by atoms with Crippen molar-refractivity contribution in [2.24, 2.45) is 0 Å². The fourth-order valence-corrected chi connectivity index (χ4v) is 3.09. The average Bonchev–Trinajstić information content (AvgIpc) is 3.14. The van der Waals surface area contributed by atoms with E-state index in [1.54, 1.807) is 0 Å². The minimum absolute atomic E-state index is 0.0759. The third-order valence-corrected chi connectivity index (χ3v) is 4.45. The van der Waals surface area contributed by atoms with E-state index in [1.807, 2.05) is 11.0 Å². The summed E-state index contributed by atoms with van der Waals surface area (Å²) in [7, 11) is 0. The van der Waals surface area contributed by atoms with Crippen LogP contribution in [0.2, 0.25) is 0 Å². The zero-order valence-corrected chi connectivity index (χ0v) is 12.7. The Hall–Kier alpha value is -2.17. The van der Waals surface area contributed by atoms with E-state index >= 15 is 0 Å². The molecule has 1 saturated heterocycles. The molecule has 1 aliphatic carbocycles. The van der Waals surface area contributed by atoms with Gasteiger partial charge in [0.1, 0.15) is 6.04 Å². The molecule has 0 N–H and O–H groups in total. The number of nitrogens with zero attached hydrogens (tertiary/aromatic N) is 3. The van der Waals surface area contributed by atoms with Crippen LogP contribution in [-0.2, 0) is 11.3 Å². The predicted molar refractivity (Wildman–Crippen MR) is 80.0 cm³/mol. The number of aromatic nitrogens is 2. The van der Waals surface area contributed by atoms with Crippen LogP contribution < -0.4 is 0 Å². The number of rotatable bonds is 4. The number of carbonyl (C=O) groups is 1. The SMILES string of the molecule is Cc1cccc(CN2C(=O)CC[C@@H]2c2nc(C3CC3)no2)c1. The summed E-state index contributed by atoms with van der Waals surface area (Å²) in [6, 6.07) is 8.18. The Morgan fingerprint density at radius 2 is 2.18 bits per heavy atom. The summed E-state index contributed by atoms with van der Waals surface area (Å²) in [5.74, 6) is 2.04. The fraction of sp³-hybridized carbons (Fsp3) is 0.471. The molecule has 0 bridgehead atoms. The maximum Gasteiger partial charge on any atom is 0.249 e. The molecule has 2 aromatic rings. The van der Waals surface area contributed by atoms with Crippen LogP contribution in [0.15, 0.2) is 28.8 Å². The van der Waals surface area contributed by atoms with Crippen LogP contribution in [0, 0.1) is 6.92 Å². The Bertz CT molecular complexity index is 705. The van der Waals surface area contributed by atoms with Gasteiger partial charge in [0.2, 0.25) is 11.8 Å². The summed E-state index contributed by atoms with van der Waals surface area (Å²) in [5.41, 5.74) is 2.34. The lowest BCUT2D eigenvalue weighted by Crippen LogP contribution is -2.27. The smallest absolute Gasteiger partial charge is 0.249 e. The van der Waals surface area contributed by atoms with Gasteiger partial charge >= 0.3 is 0 Å². The number of carbonyl (C=O) groups excluding carboxylic acids is 1. The number of benzene rings is 1. The number of aryl methyl sites for hydroxylation is 1. The highest BCUT2D eigenvalue weighted by molar-refractivity contribution is 5.78. The summed E-state index contributed by atoms with van der Waals surface area (Å²) >= 11 is 0. The molecule has 0 radical (unpaired) electrons. The Balaban J connectivity index is 1.56. The average molecular weight is 297 g/mol. The molecule has 1 aromatic heterocycles. The highest BCUT2D eigenvalue weighted by atomic mass is 16.5. The molecule has 2 aliphatic rings. The molecule has 1 saturated carbocycles. The van der Waals surface area contributed by atoms with E-state index in [1.165, 1.54) is 5.56 Å². The molecule has 0 spiro atoms. The molecule has 5 nitrogen and oxygen atoms in total. The molecule has 0 unspecified atom stereocenters. The molecule has 2 fully saturated rings. The summed E-state index contributed by atoms with van der Waals surface area (Å²) in [5, 5.41) is 4.08. The standard InChI is InChI=1S/C17H19N3O2/c1-11-3-2-4-12(9-11)10-20-14(7-8-15(20)21)17-18-16(19-22-17)13-5-6-13/h2-4,9,13-14H,5-8,10H2,1H3/t14-/m1/s1. The van der Waals surface area contributed by atoms with Crippen molar-refractivity contribution in [1.82, 2.24) is 15.0 Å². The van der Waals surface area contributed by atoms with Crippen molar-refractivity contribution >= 4 is 5.91 Å². The molecule has 114 valence electrons. The minimum atomic E-state index is -0.0759. The van der Waals surface area contributed by atoms with E-state index in [4.69, 9.17) is 4.52 Å². The molecule has 2 heterocycles. The number of likely N-dealkylation sites (tertiary alicyclic amines) is 1. The van der Waals surface area contributed by atoms with Gasteiger partial charge in [-0.15, -0.1) is 0 Å². The Morgan fingerprint density at radius 3 is 2.95 bits per heavy atom. The zero-order valence-electron chi connectivity index (χ0n) is 12.7. The number of amides is 1. The highest BCUT2D eigenvalue weighted by Crippen LogP contribution is 2.40. The van der Waals surface area contributed by atoms with Gasteiger partial charge in [0.05, 0.1) is 0 Å². The van der Waals surface area contributed by atoms with Crippen LogP contribution in [0.25, 0.3) is 0 Å². The molecule has 4 rings (SSSR count). The molecule has 1 aliphatic heterocycles. The van der Waals surface area contributed by atoms with Gasteiger partial charge in [0, 0.05) is 18.9 Å². The van der Waals surface area contributed by atoms with Gasteiger partial charge in [0.25, 0.3) is 0 Å². The van der Waals surface area contributed by atoms with Gasteiger partial charge in [-0.1, -0.05) is 35.0 Å². The lowest BCUT2D eigenvalue weighted by atomic mass is 10.1. The second kappa shape index (κ2) is 5.23. The van der Waals surface area contributed by atoms with E-state index in [0.29, 0.717) is 24.8 Å². The van der Waals surface area contributed by atoms with Crippen molar-refractivity contribution in [3.8, 4) is 0 Å². The van der Waals surface area contributed by atoms with Crippen molar-refractivity contribution in [2.45, 2.75) is 51.1 Å². The lowest BCUT2D eigenvalue weighted by molar-refractivity contribution is -0.129. The van der Waals surface area contributed by atoms with E-state index < -0.39 is 0 Å². The molecular weight excluding hydrogens is 278 g/mol. The van der Waals surface area contributed by atoms with Crippen molar-refractivity contribution < 1.29 is 9.32 Å². The van der Waals surface area contributed by atoms with Gasteiger partial charge in [-0.2, -0.15) is 4.98 Å². The van der Waals surface area contributed by atoms with Crippen LogP contribution in [0.1, 0.15) is 60.5 Å². The third-order valence-electron chi connectivity index (χ3n) is 4.45. The summed E-state index contributed by atoms with van der Waals surface area (Å²) in [4.78, 5) is 18.6. The maximum absolute atomic E-state index is 12.2. The van der Waals surface area contributed by atoms with Crippen LogP contribution in [-0.4, -0.2) is 20.9 Å². The van der Waals surface area contributed by atoms with Gasteiger partial charge in [0.15, 0.2) is 5.82 Å². The van der Waals surface area contributed by atoms with Crippen molar-refractivity contribution in [1.29, 1.82) is 0 Å². The van der Waals surface area contributed by atoms with E-state index in [9.17, 15) is 4.79 Å². The molecular formula is C17H19N3O2. The minimum Gasteiger partial charge on any atom is -0.337 e. The van der Waals surface area contributed by atoms with E-state index in [-0.39, 0.29) is 11.9 Å². The summed E-state index contributed by atoms with van der Waals surface area (Å²) in [6.45, 7) is 2.67. The van der Waals surface area contributed by atoms with Crippen molar-refractivity contribution in [3.05, 3.63) is 47.1 Å². The first-order chi connectivity index (χ1) is 10.7. The quantitative estimate of drug-likeness (QED) is 0.870. The lowest BCUT2D eigenvalue weighted by Gasteiger charge is -2.22. The molecule has 1 aromatic carbocycles. The zero-order chi connectivity index (χ0) is 15.1. The first-order valence-electron chi connectivity index (χ1n) is 7.89. The van der Waals surface area contributed by atoms with Crippen LogP contribution in [0.4, 0.5) is 0 Å². The topological polar surface area (TPSA) is 59.2 Å². The Morgan fingerprint density at radius 1 is 1.32 bits per heavy atom. The second-order valence-electron chi connectivity index (χ2n) is 6.33. The normalized spacial score (nSPS) is 21.6. The Labute approximate surface area is 129 Å². The van der Waals surface area contributed by atoms with Gasteiger partial charge < -0.3 is 9.42 Å². The fourth-order valence-electron chi connectivity index (χ4n) is 3.09. The number of hydrogen-bond donors (Lipinski definition) is 0. The molecule has 1 amide bonds. The van der Waals surface area contributed by atoms with Gasteiger partial charge in [-0.05, 0) is 31.7 Å². The van der Waals surface area contributed by atoms with Crippen LogP contribution >= 0.6 is 0 Å². The van der Waals surface area contributed by atoms with Crippen LogP contribution in [0.5, 0.6) is 0 Å². The maximum atomic E-state index is 12.2. The first-order valence-corrected chi connectivity index (χ1v) is 7.89. The third kappa shape index (κ3) is 2.51. The summed E-state index contributed by atoms with van der Waals surface area (Å²) < 4.78 is 5.43. The van der Waals surface area contributed by atoms with Gasteiger partial charge in [-0.25, -0.2) is 0 Å². The van der Waals surface area contributed by atoms with Crippen molar-refractivity contribution in [3.63, 3.8) is 0 Å². The van der Waals surface area contributed by atoms with Crippen LogP contribution in [0.3, 0.4) is 0 Å². The van der Waals surface area contributed by atoms with E-state index in [2.05, 4.69) is 35.3 Å².